The second-order valence-electron chi connectivity index (χ2n) is 23.5. The van der Waals surface area contributed by atoms with Crippen molar-refractivity contribution in [1.82, 2.24) is 52.8 Å². The molecular weight excluding hydrogens is 1120 g/mol. The lowest BCUT2D eigenvalue weighted by Crippen LogP contribution is -2.62. The maximum absolute atomic E-state index is 15.1. The van der Waals surface area contributed by atoms with Crippen LogP contribution in [0.3, 0.4) is 0 Å². The molecule has 2 heterocycles. The van der Waals surface area contributed by atoms with Crippen molar-refractivity contribution in [3.63, 3.8) is 0 Å². The quantitative estimate of drug-likeness (QED) is 0.0753. The zero-order valence-electron chi connectivity index (χ0n) is 50.4. The maximum Gasteiger partial charge on any atom is 0.246 e. The van der Waals surface area contributed by atoms with Crippen molar-refractivity contribution in [2.24, 2.45) is 35.0 Å². The van der Waals surface area contributed by atoms with Crippen LogP contribution in [0.5, 0.6) is 0 Å². The highest BCUT2D eigenvalue weighted by molar-refractivity contribution is 6.01. The number of nitrogens with zero attached hydrogens (tertiary/aromatic N) is 1. The first-order valence-corrected chi connectivity index (χ1v) is 29.8. The van der Waals surface area contributed by atoms with E-state index in [0.717, 1.165) is 0 Å². The fraction of sp³-hybridized carbons (Fsp3) is 0.516. The van der Waals surface area contributed by atoms with Gasteiger partial charge in [-0.3, -0.25) is 57.5 Å². The van der Waals surface area contributed by atoms with Gasteiger partial charge in [-0.05, 0) is 79.5 Å². The summed E-state index contributed by atoms with van der Waals surface area (Å²) in [5.74, 6) is -11.9. The van der Waals surface area contributed by atoms with Crippen molar-refractivity contribution in [2.75, 3.05) is 13.1 Å². The number of carbonyl (C=O) groups excluding carboxylic acids is 12. The summed E-state index contributed by atoms with van der Waals surface area (Å²) < 4.78 is 0. The molecule has 87 heavy (non-hydrogen) atoms. The first kappa shape index (κ1) is 69.0. The summed E-state index contributed by atoms with van der Waals surface area (Å²) in [6, 6.07) is 11.6. The Balaban J connectivity index is 1.64. The van der Waals surface area contributed by atoms with Gasteiger partial charge in [-0.25, -0.2) is 0 Å². The maximum atomic E-state index is 15.1. The third kappa shape index (κ3) is 21.9. The fourth-order valence-electron chi connectivity index (χ4n) is 10.4. The molecule has 12 amide bonds. The summed E-state index contributed by atoms with van der Waals surface area (Å²) in [7, 11) is 0. The van der Waals surface area contributed by atoms with Gasteiger partial charge in [0.1, 0.15) is 60.4 Å². The van der Waals surface area contributed by atoms with Gasteiger partial charge in [-0.15, -0.1) is 0 Å². The summed E-state index contributed by atoms with van der Waals surface area (Å²) in [5.41, 5.74) is 18.9. The van der Waals surface area contributed by atoms with Gasteiger partial charge in [0.2, 0.25) is 70.9 Å². The molecule has 25 nitrogen and oxygen atoms in total. The van der Waals surface area contributed by atoms with Gasteiger partial charge >= 0.3 is 0 Å². The molecule has 472 valence electrons. The summed E-state index contributed by atoms with van der Waals surface area (Å²) in [4.78, 5) is 172. The van der Waals surface area contributed by atoms with Crippen molar-refractivity contribution in [3.8, 4) is 0 Å². The van der Waals surface area contributed by atoms with Gasteiger partial charge in [-0.1, -0.05) is 133 Å². The minimum Gasteiger partial charge on any atom is -0.370 e. The predicted molar refractivity (Wildman–Crippen MR) is 322 cm³/mol. The molecule has 10 atom stereocenters. The van der Waals surface area contributed by atoms with Gasteiger partial charge in [0.05, 0.1) is 12.8 Å². The highest BCUT2D eigenvalue weighted by atomic mass is 16.2. The normalized spacial score (nSPS) is 24.7. The Bertz CT molecular complexity index is 2880. The van der Waals surface area contributed by atoms with Gasteiger partial charge < -0.3 is 70.0 Å². The number of fused-ring (bicyclic) bond motifs is 1. The summed E-state index contributed by atoms with van der Waals surface area (Å²) in [6.07, 6.45) is -1.22. The third-order valence-electron chi connectivity index (χ3n) is 14.9. The SMILES string of the molecule is CC(C)C[C@@H]1NC(=O)[C@H](CC(N)=O)NC(=O)[C@H](CC(N)=O)NC(=O)[C@@H](Cc2ccccc2)NC(=O)[C@H](Cc2ccccc2)NC(=O)[C@@H]2CCCN2C(=O)[C@@H](Cc2ccccc2)NC(=O)[C@H](CC(C)C)NC(=O)[C@H](CCCN)NC(=O)[C@H](C(C)C)NC1=O. The topological polar surface area (TPSA) is 394 Å². The van der Waals surface area contributed by atoms with Gasteiger partial charge in [-0.2, -0.15) is 0 Å². The smallest absolute Gasteiger partial charge is 0.246 e. The Labute approximate surface area is 507 Å². The average molecular weight is 1210 g/mol. The van der Waals surface area contributed by atoms with Crippen molar-refractivity contribution in [1.29, 1.82) is 0 Å². The van der Waals surface area contributed by atoms with E-state index in [2.05, 4.69) is 47.9 Å². The third-order valence-corrected chi connectivity index (χ3v) is 14.9. The first-order chi connectivity index (χ1) is 41.3. The van der Waals surface area contributed by atoms with Gasteiger partial charge in [0, 0.05) is 25.8 Å². The molecule has 5 rings (SSSR count). The fourth-order valence-corrected chi connectivity index (χ4v) is 10.4. The number of nitrogens with two attached hydrogens (primary N) is 3. The number of rotatable bonds is 18. The second-order valence-corrected chi connectivity index (χ2v) is 23.5. The lowest BCUT2D eigenvalue weighted by Gasteiger charge is -2.32. The van der Waals surface area contributed by atoms with E-state index in [-0.39, 0.29) is 76.3 Å². The Morgan fingerprint density at radius 2 is 0.793 bits per heavy atom. The van der Waals surface area contributed by atoms with Gasteiger partial charge in [0.25, 0.3) is 0 Å². The average Bonchev–Trinajstić information content (AvgIpc) is 3.77. The zero-order valence-corrected chi connectivity index (χ0v) is 50.4. The minimum atomic E-state index is -1.84. The molecule has 0 bridgehead atoms. The van der Waals surface area contributed by atoms with Crippen molar-refractivity contribution in [3.05, 3.63) is 108 Å². The largest absolute Gasteiger partial charge is 0.370 e. The van der Waals surface area contributed by atoms with Crippen LogP contribution >= 0.6 is 0 Å². The molecule has 2 fully saturated rings. The number of primary amides is 2. The number of amides is 12. The Hall–Kier alpha value is -8.74. The molecule has 3 aromatic carbocycles. The van der Waals surface area contributed by atoms with E-state index < -0.39 is 150 Å². The number of benzene rings is 3. The van der Waals surface area contributed by atoms with Crippen LogP contribution in [0, 0.1) is 17.8 Å². The van der Waals surface area contributed by atoms with E-state index in [1.807, 2.05) is 13.8 Å². The minimum absolute atomic E-state index is 0.00149. The molecule has 2 aliphatic heterocycles. The van der Waals surface area contributed by atoms with E-state index in [1.54, 1.807) is 119 Å². The van der Waals surface area contributed by atoms with Gasteiger partial charge in [0.15, 0.2) is 0 Å². The molecule has 25 heteroatoms. The van der Waals surface area contributed by atoms with Crippen LogP contribution in [-0.4, -0.2) is 149 Å². The molecule has 0 aromatic heterocycles. The van der Waals surface area contributed by atoms with Crippen molar-refractivity contribution < 1.29 is 57.5 Å². The Kier molecular flexibility index (Phi) is 26.8. The Morgan fingerprint density at radius 1 is 0.448 bits per heavy atom. The lowest BCUT2D eigenvalue weighted by molar-refractivity contribution is -0.142. The van der Waals surface area contributed by atoms with Crippen LogP contribution in [0.15, 0.2) is 91.0 Å². The van der Waals surface area contributed by atoms with Crippen LogP contribution in [0.25, 0.3) is 0 Å². The predicted octanol–water partition coefficient (Wildman–Crippen LogP) is -0.680. The molecule has 0 unspecified atom stereocenters. The number of hydrogen-bond acceptors (Lipinski definition) is 13. The number of nitrogens with one attached hydrogen (secondary N) is 9. The monoisotopic (exact) mass is 1210 g/mol. The highest BCUT2D eigenvalue weighted by Crippen LogP contribution is 2.22. The van der Waals surface area contributed by atoms with Crippen LogP contribution in [-0.2, 0) is 76.8 Å². The first-order valence-electron chi connectivity index (χ1n) is 29.8. The molecular formula is C62H87N13O12. The van der Waals surface area contributed by atoms with E-state index >= 15 is 4.79 Å². The molecule has 0 aliphatic carbocycles. The summed E-state index contributed by atoms with van der Waals surface area (Å²) >= 11 is 0. The molecule has 15 N–H and O–H groups in total. The molecule has 3 aromatic rings. The zero-order chi connectivity index (χ0) is 63.9. The number of hydrogen-bond donors (Lipinski definition) is 12. The van der Waals surface area contributed by atoms with Crippen LogP contribution in [0.1, 0.15) is 110 Å². The van der Waals surface area contributed by atoms with Crippen LogP contribution < -0.4 is 65.1 Å². The standard InChI is InChI=1S/C62H87N13O12/c1-35(2)28-42-54(79)73-48(32-40-22-14-9-15-23-40)62(87)75-27-17-25-49(75)60(85)72-45(31-39-20-12-8-13-21-39)56(81)69-44(30-38-18-10-7-11-19-38)55(80)70-47(34-51(65)77)58(83)71-46(33-50(64)76)57(82)68-43(29-36(3)4)59(84)74-52(37(5)6)61(86)66-41(24-16-26-63)53(78)67-42/h7-15,18-23,35-37,41-49,52H,16-17,24-34,63H2,1-6H3,(H2,64,76)(H2,65,77)(H,66,86)(H,67,78)(H,68,82)(H,69,81)(H,70,80)(H,71,83)(H,72,85)(H,73,79)(H,74,84)/t41-,42-,43-,44+,45-,46-,47-,48+,49-,52-/m0/s1. The highest BCUT2D eigenvalue weighted by Gasteiger charge is 2.42. The second kappa shape index (κ2) is 33.8. The van der Waals surface area contributed by atoms with E-state index in [0.29, 0.717) is 23.1 Å². The van der Waals surface area contributed by atoms with E-state index in [9.17, 15) is 52.7 Å². The van der Waals surface area contributed by atoms with Crippen LogP contribution in [0.2, 0.25) is 0 Å². The van der Waals surface area contributed by atoms with Crippen LogP contribution in [0.4, 0.5) is 0 Å². The molecule has 2 aliphatic rings. The molecule has 0 spiro atoms. The van der Waals surface area contributed by atoms with Crippen molar-refractivity contribution in [2.45, 2.75) is 173 Å². The summed E-state index contributed by atoms with van der Waals surface area (Å²) in [6.45, 7) is 10.6. The van der Waals surface area contributed by atoms with E-state index in [1.165, 1.54) is 4.90 Å². The van der Waals surface area contributed by atoms with Crippen molar-refractivity contribution >= 4 is 70.9 Å². The Morgan fingerprint density at radius 3 is 1.21 bits per heavy atom. The number of carbonyl (C=O) groups is 12. The van der Waals surface area contributed by atoms with E-state index in [4.69, 9.17) is 17.2 Å². The molecule has 2 saturated heterocycles. The lowest BCUT2D eigenvalue weighted by atomic mass is 9.98. The molecule has 0 radical (unpaired) electrons. The summed E-state index contributed by atoms with van der Waals surface area (Å²) in [5, 5.41) is 24.0. The molecule has 0 saturated carbocycles.